The summed E-state index contributed by atoms with van der Waals surface area (Å²) >= 11 is 5.18. The second-order valence-corrected chi connectivity index (χ2v) is 6.31. The van der Waals surface area contributed by atoms with Gasteiger partial charge < -0.3 is 5.32 Å². The molecule has 0 fully saturated rings. The molecule has 4 heteroatoms. The van der Waals surface area contributed by atoms with Gasteiger partial charge >= 0.3 is 0 Å². The summed E-state index contributed by atoms with van der Waals surface area (Å²) in [5.41, 5.74) is 0.726. The quantitative estimate of drug-likeness (QED) is 0.785. The molecule has 1 aromatic heterocycles. The fraction of sp³-hybridized carbons (Fsp3) is 0.333. The van der Waals surface area contributed by atoms with Gasteiger partial charge in [0.2, 0.25) is 0 Å². The highest BCUT2D eigenvalue weighted by molar-refractivity contribution is 9.10. The zero-order valence-corrected chi connectivity index (χ0v) is 13.2. The highest BCUT2D eigenvalue weighted by Crippen LogP contribution is 2.29. The molecule has 1 N–H and O–H groups in total. The predicted molar refractivity (Wildman–Crippen MR) is 83.2 cm³/mol. The van der Waals surface area contributed by atoms with Gasteiger partial charge in [-0.2, -0.15) is 0 Å². The Morgan fingerprint density at radius 3 is 2.79 bits per heavy atom. The lowest BCUT2D eigenvalue weighted by Gasteiger charge is -2.20. The molecule has 1 heterocycles. The van der Waals surface area contributed by atoms with Gasteiger partial charge in [-0.05, 0) is 36.5 Å². The van der Waals surface area contributed by atoms with Crippen molar-refractivity contribution in [2.45, 2.75) is 25.8 Å². The summed E-state index contributed by atoms with van der Waals surface area (Å²) in [5, 5.41) is 5.50. The summed E-state index contributed by atoms with van der Waals surface area (Å²) in [5.74, 6) is -0.153. The number of nitrogens with one attached hydrogen (secondary N) is 1. The number of hydrogen-bond acceptors (Lipinski definition) is 2. The van der Waals surface area contributed by atoms with Crippen molar-refractivity contribution in [3.8, 4) is 0 Å². The standard InChI is InChI=1S/C15H17BrFNS/c1-2-8-18-14(10-11-5-4-9-19-11)15-12(16)6-3-7-13(15)17/h3-7,9,14,18H,2,8,10H2,1H3. The van der Waals surface area contributed by atoms with Gasteiger partial charge in [0, 0.05) is 27.4 Å². The third kappa shape index (κ3) is 3.88. The normalized spacial score (nSPS) is 12.6. The first-order chi connectivity index (χ1) is 9.22. The number of thiophene rings is 1. The topological polar surface area (TPSA) is 12.0 Å². The molecule has 0 aliphatic heterocycles. The fourth-order valence-electron chi connectivity index (χ4n) is 2.07. The molecule has 0 bridgehead atoms. The molecular weight excluding hydrogens is 325 g/mol. The summed E-state index contributed by atoms with van der Waals surface area (Å²) in [7, 11) is 0. The molecule has 0 aliphatic rings. The highest BCUT2D eigenvalue weighted by Gasteiger charge is 2.19. The number of rotatable bonds is 6. The van der Waals surface area contributed by atoms with Crippen LogP contribution >= 0.6 is 27.3 Å². The molecule has 0 radical (unpaired) electrons. The monoisotopic (exact) mass is 341 g/mol. The Labute approximate surface area is 126 Å². The first kappa shape index (κ1) is 14.7. The molecule has 1 aromatic carbocycles. The van der Waals surface area contributed by atoms with E-state index in [0.717, 1.165) is 29.4 Å². The Hall–Kier alpha value is -0.710. The van der Waals surface area contributed by atoms with Crippen LogP contribution in [0.3, 0.4) is 0 Å². The summed E-state index contributed by atoms with van der Waals surface area (Å²) in [6.07, 6.45) is 1.85. The average molecular weight is 342 g/mol. The summed E-state index contributed by atoms with van der Waals surface area (Å²) in [6, 6.07) is 9.29. The zero-order chi connectivity index (χ0) is 13.7. The fourth-order valence-corrected chi connectivity index (χ4v) is 3.44. The maximum atomic E-state index is 14.1. The Balaban J connectivity index is 2.26. The van der Waals surface area contributed by atoms with E-state index in [1.54, 1.807) is 17.4 Å². The molecule has 1 atom stereocenters. The van der Waals surface area contributed by atoms with Crippen molar-refractivity contribution in [1.29, 1.82) is 0 Å². The second kappa shape index (κ2) is 7.17. The van der Waals surface area contributed by atoms with Crippen LogP contribution in [-0.4, -0.2) is 6.54 Å². The maximum Gasteiger partial charge on any atom is 0.129 e. The van der Waals surface area contributed by atoms with Crippen LogP contribution < -0.4 is 5.32 Å². The molecule has 19 heavy (non-hydrogen) atoms. The van der Waals surface area contributed by atoms with E-state index in [1.165, 1.54) is 10.9 Å². The lowest BCUT2D eigenvalue weighted by Crippen LogP contribution is -2.25. The lowest BCUT2D eigenvalue weighted by atomic mass is 10.0. The molecule has 0 saturated carbocycles. The molecule has 0 amide bonds. The van der Waals surface area contributed by atoms with E-state index in [-0.39, 0.29) is 11.9 Å². The second-order valence-electron chi connectivity index (χ2n) is 4.43. The number of halogens is 2. The van der Waals surface area contributed by atoms with E-state index >= 15 is 0 Å². The van der Waals surface area contributed by atoms with Crippen LogP contribution in [0.5, 0.6) is 0 Å². The van der Waals surface area contributed by atoms with Crippen LogP contribution in [0.4, 0.5) is 4.39 Å². The van der Waals surface area contributed by atoms with Crippen LogP contribution in [0.15, 0.2) is 40.2 Å². The van der Waals surface area contributed by atoms with Crippen molar-refractivity contribution >= 4 is 27.3 Å². The van der Waals surface area contributed by atoms with Crippen molar-refractivity contribution in [3.05, 3.63) is 56.4 Å². The van der Waals surface area contributed by atoms with Crippen LogP contribution in [0.25, 0.3) is 0 Å². The van der Waals surface area contributed by atoms with Gasteiger partial charge in [-0.3, -0.25) is 0 Å². The van der Waals surface area contributed by atoms with E-state index in [0.29, 0.717) is 0 Å². The van der Waals surface area contributed by atoms with Crippen LogP contribution in [-0.2, 0) is 6.42 Å². The highest BCUT2D eigenvalue weighted by atomic mass is 79.9. The van der Waals surface area contributed by atoms with E-state index in [2.05, 4.69) is 39.6 Å². The van der Waals surface area contributed by atoms with Gasteiger partial charge in [0.25, 0.3) is 0 Å². The molecule has 1 nitrogen and oxygen atoms in total. The van der Waals surface area contributed by atoms with Crippen molar-refractivity contribution in [3.63, 3.8) is 0 Å². The largest absolute Gasteiger partial charge is 0.309 e. The van der Waals surface area contributed by atoms with E-state index in [1.807, 2.05) is 12.1 Å². The smallest absolute Gasteiger partial charge is 0.129 e. The lowest BCUT2D eigenvalue weighted by molar-refractivity contribution is 0.497. The van der Waals surface area contributed by atoms with Crippen molar-refractivity contribution in [1.82, 2.24) is 5.32 Å². The SMILES string of the molecule is CCCNC(Cc1cccs1)c1c(F)cccc1Br. The maximum absolute atomic E-state index is 14.1. The Morgan fingerprint density at radius 1 is 1.32 bits per heavy atom. The zero-order valence-electron chi connectivity index (χ0n) is 10.8. The Morgan fingerprint density at radius 2 is 2.16 bits per heavy atom. The minimum Gasteiger partial charge on any atom is -0.309 e. The van der Waals surface area contributed by atoms with E-state index in [9.17, 15) is 4.39 Å². The van der Waals surface area contributed by atoms with Gasteiger partial charge in [0.15, 0.2) is 0 Å². The van der Waals surface area contributed by atoms with Crippen LogP contribution in [0.1, 0.15) is 29.8 Å². The molecule has 2 rings (SSSR count). The number of hydrogen-bond donors (Lipinski definition) is 1. The molecule has 0 saturated heterocycles. The molecule has 0 aliphatic carbocycles. The first-order valence-electron chi connectivity index (χ1n) is 6.42. The Kier molecular flexibility index (Phi) is 5.55. The van der Waals surface area contributed by atoms with Crippen molar-refractivity contribution in [2.24, 2.45) is 0 Å². The van der Waals surface area contributed by atoms with Gasteiger partial charge in [-0.15, -0.1) is 11.3 Å². The number of benzene rings is 1. The Bertz CT molecular complexity index is 493. The summed E-state index contributed by atoms with van der Waals surface area (Å²) in [6.45, 7) is 3.00. The average Bonchev–Trinajstić information content (AvgIpc) is 2.88. The molecule has 2 aromatic rings. The van der Waals surface area contributed by atoms with Crippen molar-refractivity contribution in [2.75, 3.05) is 6.54 Å². The molecule has 0 spiro atoms. The third-order valence-electron chi connectivity index (χ3n) is 2.97. The van der Waals surface area contributed by atoms with Crippen molar-refractivity contribution < 1.29 is 4.39 Å². The third-order valence-corrected chi connectivity index (χ3v) is 4.56. The van der Waals surface area contributed by atoms with Gasteiger partial charge in [0.1, 0.15) is 5.82 Å². The summed E-state index contributed by atoms with van der Waals surface area (Å²) < 4.78 is 14.9. The van der Waals surface area contributed by atoms with Crippen LogP contribution in [0, 0.1) is 5.82 Å². The minimum absolute atomic E-state index is 0.00850. The summed E-state index contributed by atoms with van der Waals surface area (Å²) in [4.78, 5) is 1.27. The van der Waals surface area contributed by atoms with E-state index in [4.69, 9.17) is 0 Å². The van der Waals surface area contributed by atoms with Gasteiger partial charge in [-0.1, -0.05) is 35.0 Å². The minimum atomic E-state index is -0.153. The molecule has 1 unspecified atom stereocenters. The first-order valence-corrected chi connectivity index (χ1v) is 8.09. The predicted octanol–water partition coefficient (Wildman–Crippen LogP) is 4.93. The molecule has 102 valence electrons. The van der Waals surface area contributed by atoms with Gasteiger partial charge in [-0.25, -0.2) is 4.39 Å². The molecular formula is C15H17BrFNS. The van der Waals surface area contributed by atoms with E-state index < -0.39 is 0 Å². The van der Waals surface area contributed by atoms with Gasteiger partial charge in [0.05, 0.1) is 0 Å². The van der Waals surface area contributed by atoms with Crippen LogP contribution in [0.2, 0.25) is 0 Å².